The van der Waals surface area contributed by atoms with Gasteiger partial charge in [-0.05, 0) is 56.8 Å². The Balaban J connectivity index is 2.87. The minimum atomic E-state index is 0.726. The molecule has 15 heavy (non-hydrogen) atoms. The molecule has 0 bridgehead atoms. The summed E-state index contributed by atoms with van der Waals surface area (Å²) in [6.07, 6.45) is 2.11. The fraction of sp³-hybridized carbons (Fsp3) is 0.538. The van der Waals surface area contributed by atoms with E-state index in [1.54, 1.807) is 0 Å². The van der Waals surface area contributed by atoms with Gasteiger partial charge in [0.15, 0.2) is 0 Å². The zero-order valence-electron chi connectivity index (χ0n) is 9.97. The lowest BCUT2D eigenvalue weighted by Crippen LogP contribution is -2.02. The van der Waals surface area contributed by atoms with Crippen LogP contribution in [0.5, 0.6) is 5.75 Å². The summed E-state index contributed by atoms with van der Waals surface area (Å²) in [6.45, 7) is 7.70. The maximum Gasteiger partial charge on any atom is 0.125 e. The molecule has 0 aliphatic carbocycles. The predicted molar refractivity (Wildman–Crippen MR) is 64.5 cm³/mol. The molecule has 1 aromatic carbocycles. The van der Waals surface area contributed by atoms with Crippen molar-refractivity contribution in [2.75, 3.05) is 13.2 Å². The van der Waals surface area contributed by atoms with Crippen molar-refractivity contribution in [1.82, 2.24) is 0 Å². The molecule has 0 radical (unpaired) electrons. The van der Waals surface area contributed by atoms with E-state index in [0.717, 1.165) is 31.7 Å². The maximum atomic E-state index is 5.60. The van der Waals surface area contributed by atoms with E-state index in [1.807, 2.05) is 6.92 Å². The number of aryl methyl sites for hydroxylation is 3. The van der Waals surface area contributed by atoms with Crippen molar-refractivity contribution in [3.63, 3.8) is 0 Å². The molecule has 84 valence electrons. The first-order valence-corrected chi connectivity index (χ1v) is 5.62. The van der Waals surface area contributed by atoms with Crippen molar-refractivity contribution in [2.24, 2.45) is 5.73 Å². The zero-order valence-corrected chi connectivity index (χ0v) is 9.97. The summed E-state index contributed by atoms with van der Waals surface area (Å²) in [5, 5.41) is 0. The molecule has 1 rings (SSSR count). The van der Waals surface area contributed by atoms with Crippen LogP contribution in [0.25, 0.3) is 0 Å². The third kappa shape index (κ3) is 3.24. The van der Waals surface area contributed by atoms with Gasteiger partial charge >= 0.3 is 0 Å². The highest BCUT2D eigenvalue weighted by Crippen LogP contribution is 2.25. The lowest BCUT2D eigenvalue weighted by molar-refractivity contribution is 0.335. The van der Waals surface area contributed by atoms with E-state index >= 15 is 0 Å². The van der Waals surface area contributed by atoms with Gasteiger partial charge < -0.3 is 10.5 Å². The van der Waals surface area contributed by atoms with Crippen LogP contribution in [-0.4, -0.2) is 13.2 Å². The number of hydrogen-bond donors (Lipinski definition) is 1. The van der Waals surface area contributed by atoms with Crippen molar-refractivity contribution in [3.05, 3.63) is 28.8 Å². The second kappa shape index (κ2) is 5.76. The van der Waals surface area contributed by atoms with Gasteiger partial charge in [-0.2, -0.15) is 0 Å². The fourth-order valence-corrected chi connectivity index (χ4v) is 1.86. The molecule has 2 heteroatoms. The van der Waals surface area contributed by atoms with Crippen molar-refractivity contribution in [2.45, 2.75) is 33.6 Å². The Labute approximate surface area is 92.4 Å². The van der Waals surface area contributed by atoms with E-state index in [4.69, 9.17) is 10.5 Å². The van der Waals surface area contributed by atoms with Gasteiger partial charge in [-0.3, -0.25) is 0 Å². The van der Waals surface area contributed by atoms with Crippen molar-refractivity contribution < 1.29 is 4.74 Å². The van der Waals surface area contributed by atoms with Crippen LogP contribution in [0.4, 0.5) is 0 Å². The molecule has 0 amide bonds. The van der Waals surface area contributed by atoms with E-state index in [-0.39, 0.29) is 0 Å². The number of benzene rings is 1. The average Bonchev–Trinajstić information content (AvgIpc) is 2.20. The van der Waals surface area contributed by atoms with Gasteiger partial charge in [0.1, 0.15) is 5.75 Å². The fourth-order valence-electron chi connectivity index (χ4n) is 1.86. The highest BCUT2D eigenvalue weighted by molar-refractivity contribution is 5.43. The molecule has 0 fully saturated rings. The molecule has 0 aliphatic heterocycles. The van der Waals surface area contributed by atoms with Gasteiger partial charge in [0.05, 0.1) is 6.61 Å². The van der Waals surface area contributed by atoms with Crippen LogP contribution >= 0.6 is 0 Å². The first-order valence-electron chi connectivity index (χ1n) is 5.62. The summed E-state index contributed by atoms with van der Waals surface area (Å²) >= 11 is 0. The molecule has 0 unspecified atom stereocenters. The quantitative estimate of drug-likeness (QED) is 0.805. The number of ether oxygens (including phenoxy) is 1. The lowest BCUT2D eigenvalue weighted by atomic mass is 10.0. The Bertz CT molecular complexity index is 297. The predicted octanol–water partition coefficient (Wildman–Crippen LogP) is 2.59. The molecule has 0 heterocycles. The van der Waals surface area contributed by atoms with Gasteiger partial charge in [0.2, 0.25) is 0 Å². The third-order valence-electron chi connectivity index (χ3n) is 2.48. The molecule has 0 spiro atoms. The SMILES string of the molecule is CCOc1c(C)cc(CCCN)cc1C. The third-order valence-corrected chi connectivity index (χ3v) is 2.48. The average molecular weight is 207 g/mol. The molecule has 0 aromatic heterocycles. The second-order valence-corrected chi connectivity index (χ2v) is 3.88. The number of nitrogens with two attached hydrogens (primary N) is 1. The van der Waals surface area contributed by atoms with Crippen LogP contribution in [0.2, 0.25) is 0 Å². The van der Waals surface area contributed by atoms with Crippen molar-refractivity contribution in [3.8, 4) is 5.75 Å². The van der Waals surface area contributed by atoms with Crippen LogP contribution in [-0.2, 0) is 6.42 Å². The van der Waals surface area contributed by atoms with Crippen molar-refractivity contribution >= 4 is 0 Å². The minimum absolute atomic E-state index is 0.726. The molecular formula is C13H21NO. The molecule has 0 atom stereocenters. The van der Waals surface area contributed by atoms with E-state index < -0.39 is 0 Å². The monoisotopic (exact) mass is 207 g/mol. The summed E-state index contributed by atoms with van der Waals surface area (Å²) in [7, 11) is 0. The second-order valence-electron chi connectivity index (χ2n) is 3.88. The van der Waals surface area contributed by atoms with Gasteiger partial charge in [0, 0.05) is 0 Å². The molecule has 0 saturated carbocycles. The Morgan fingerprint density at radius 2 is 1.80 bits per heavy atom. The van der Waals surface area contributed by atoms with E-state index in [2.05, 4.69) is 26.0 Å². The van der Waals surface area contributed by atoms with E-state index in [0.29, 0.717) is 0 Å². The standard InChI is InChI=1S/C13H21NO/c1-4-15-13-10(2)8-12(6-5-7-14)9-11(13)3/h8-9H,4-7,14H2,1-3H3. The maximum absolute atomic E-state index is 5.60. The normalized spacial score (nSPS) is 10.4. The van der Waals surface area contributed by atoms with Crippen LogP contribution in [0.3, 0.4) is 0 Å². The first-order chi connectivity index (χ1) is 7.19. The Hall–Kier alpha value is -1.02. The largest absolute Gasteiger partial charge is 0.493 e. The Morgan fingerprint density at radius 1 is 1.20 bits per heavy atom. The van der Waals surface area contributed by atoms with Gasteiger partial charge in [0.25, 0.3) is 0 Å². The molecular weight excluding hydrogens is 186 g/mol. The Morgan fingerprint density at radius 3 is 2.27 bits per heavy atom. The van der Waals surface area contributed by atoms with Gasteiger partial charge in [-0.25, -0.2) is 0 Å². The molecule has 2 N–H and O–H groups in total. The Kier molecular flexibility index (Phi) is 4.63. The lowest BCUT2D eigenvalue weighted by Gasteiger charge is -2.12. The van der Waals surface area contributed by atoms with E-state index in [9.17, 15) is 0 Å². The summed E-state index contributed by atoms with van der Waals surface area (Å²) < 4.78 is 5.60. The van der Waals surface area contributed by atoms with Gasteiger partial charge in [-0.15, -0.1) is 0 Å². The topological polar surface area (TPSA) is 35.2 Å². The van der Waals surface area contributed by atoms with Gasteiger partial charge in [-0.1, -0.05) is 12.1 Å². The first kappa shape index (κ1) is 12.1. The summed E-state index contributed by atoms with van der Waals surface area (Å²) in [4.78, 5) is 0. The number of rotatable bonds is 5. The van der Waals surface area contributed by atoms with Crippen LogP contribution in [0.1, 0.15) is 30.0 Å². The molecule has 0 aliphatic rings. The smallest absolute Gasteiger partial charge is 0.125 e. The highest BCUT2D eigenvalue weighted by Gasteiger charge is 2.05. The van der Waals surface area contributed by atoms with Crippen LogP contribution in [0.15, 0.2) is 12.1 Å². The summed E-state index contributed by atoms with van der Waals surface area (Å²) in [5.41, 5.74) is 9.32. The minimum Gasteiger partial charge on any atom is -0.493 e. The molecule has 0 saturated heterocycles. The summed E-state index contributed by atoms with van der Waals surface area (Å²) in [5.74, 6) is 1.04. The highest BCUT2D eigenvalue weighted by atomic mass is 16.5. The molecule has 1 aromatic rings. The van der Waals surface area contributed by atoms with Crippen molar-refractivity contribution in [1.29, 1.82) is 0 Å². The zero-order chi connectivity index (χ0) is 11.3. The van der Waals surface area contributed by atoms with E-state index in [1.165, 1.54) is 16.7 Å². The van der Waals surface area contributed by atoms with Crippen LogP contribution in [0, 0.1) is 13.8 Å². The number of hydrogen-bond acceptors (Lipinski definition) is 2. The van der Waals surface area contributed by atoms with Crippen LogP contribution < -0.4 is 10.5 Å². The summed E-state index contributed by atoms with van der Waals surface area (Å²) in [6, 6.07) is 4.40. The molecule has 2 nitrogen and oxygen atoms in total.